The van der Waals surface area contributed by atoms with Crippen molar-refractivity contribution in [1.82, 2.24) is 5.32 Å². The first-order chi connectivity index (χ1) is 10.1. The maximum Gasteiger partial charge on any atom is 0.319 e. The number of nitrogens with one attached hydrogen (secondary N) is 2. The number of methoxy groups -OCH3 is 2. The minimum Gasteiger partial charge on any atom is -0.495 e. The molecule has 21 heavy (non-hydrogen) atoms. The van der Waals surface area contributed by atoms with Gasteiger partial charge in [0, 0.05) is 10.9 Å². The monoisotopic (exact) mass is 326 g/mol. The minimum absolute atomic E-state index is 0.331. The fourth-order valence-electron chi connectivity index (χ4n) is 1.70. The zero-order valence-electron chi connectivity index (χ0n) is 11.6. The number of thiophene rings is 1. The normalized spacial score (nSPS) is 10.0. The average molecular weight is 327 g/mol. The smallest absolute Gasteiger partial charge is 0.319 e. The number of halogens is 1. The van der Waals surface area contributed by atoms with Gasteiger partial charge in [0.25, 0.3) is 0 Å². The Hall–Kier alpha value is -1.92. The van der Waals surface area contributed by atoms with Crippen LogP contribution in [0.1, 0.15) is 4.88 Å². The second-order valence-electron chi connectivity index (χ2n) is 4.07. The summed E-state index contributed by atoms with van der Waals surface area (Å²) in [5.74, 6) is 0.959. The van der Waals surface area contributed by atoms with Crippen molar-refractivity contribution in [2.24, 2.45) is 0 Å². The van der Waals surface area contributed by atoms with Crippen LogP contribution in [-0.4, -0.2) is 20.3 Å². The van der Waals surface area contributed by atoms with E-state index in [9.17, 15) is 4.79 Å². The van der Waals surface area contributed by atoms with E-state index in [0.717, 1.165) is 4.88 Å². The Morgan fingerprint density at radius 1 is 1.29 bits per heavy atom. The Morgan fingerprint density at radius 3 is 2.67 bits per heavy atom. The SMILES string of the molecule is COc1cc(OC)c(NC(=O)NCc2cccs2)cc1Cl. The second-order valence-corrected chi connectivity index (χ2v) is 5.51. The molecular weight excluding hydrogens is 312 g/mol. The van der Waals surface area contributed by atoms with E-state index in [1.54, 1.807) is 23.5 Å². The number of amides is 2. The Labute approximate surface area is 131 Å². The highest BCUT2D eigenvalue weighted by Gasteiger charge is 2.12. The van der Waals surface area contributed by atoms with E-state index in [4.69, 9.17) is 21.1 Å². The lowest BCUT2D eigenvalue weighted by Crippen LogP contribution is -2.28. The summed E-state index contributed by atoms with van der Waals surface area (Å²) in [6.07, 6.45) is 0. The Bertz CT molecular complexity index is 617. The summed E-state index contributed by atoms with van der Waals surface area (Å²) < 4.78 is 10.3. The van der Waals surface area contributed by atoms with E-state index in [2.05, 4.69) is 10.6 Å². The van der Waals surface area contributed by atoms with Crippen molar-refractivity contribution in [3.8, 4) is 11.5 Å². The fraction of sp³-hybridized carbons (Fsp3) is 0.214. The van der Waals surface area contributed by atoms with Gasteiger partial charge in [-0.3, -0.25) is 0 Å². The zero-order chi connectivity index (χ0) is 15.2. The summed E-state index contributed by atoms with van der Waals surface area (Å²) in [5, 5.41) is 7.82. The molecular formula is C14H15ClN2O3S. The van der Waals surface area contributed by atoms with E-state index in [0.29, 0.717) is 28.8 Å². The van der Waals surface area contributed by atoms with E-state index in [1.165, 1.54) is 14.2 Å². The van der Waals surface area contributed by atoms with Gasteiger partial charge in [0.1, 0.15) is 11.5 Å². The molecule has 0 aliphatic rings. The van der Waals surface area contributed by atoms with Crippen LogP contribution in [0, 0.1) is 0 Å². The van der Waals surface area contributed by atoms with Crippen LogP contribution in [0.2, 0.25) is 5.02 Å². The molecule has 1 aromatic carbocycles. The number of urea groups is 1. The molecule has 0 aliphatic carbocycles. The van der Waals surface area contributed by atoms with Gasteiger partial charge in [0.2, 0.25) is 0 Å². The number of rotatable bonds is 5. The molecule has 0 unspecified atom stereocenters. The quantitative estimate of drug-likeness (QED) is 0.880. The summed E-state index contributed by atoms with van der Waals surface area (Å²) in [6, 6.07) is 6.77. The van der Waals surface area contributed by atoms with E-state index < -0.39 is 0 Å². The molecule has 0 bridgehead atoms. The van der Waals surface area contributed by atoms with Crippen LogP contribution in [0.25, 0.3) is 0 Å². The molecule has 0 aliphatic heterocycles. The number of anilines is 1. The Kier molecular flexibility index (Phi) is 5.30. The maximum atomic E-state index is 11.9. The summed E-state index contributed by atoms with van der Waals surface area (Å²) in [4.78, 5) is 13.0. The van der Waals surface area contributed by atoms with Gasteiger partial charge in [-0.15, -0.1) is 11.3 Å². The maximum absolute atomic E-state index is 11.9. The van der Waals surface area contributed by atoms with Crippen molar-refractivity contribution in [3.63, 3.8) is 0 Å². The number of ether oxygens (including phenoxy) is 2. The van der Waals surface area contributed by atoms with E-state index in [1.807, 2.05) is 17.5 Å². The molecule has 0 radical (unpaired) electrons. The van der Waals surface area contributed by atoms with Gasteiger partial charge < -0.3 is 20.1 Å². The number of carbonyl (C=O) groups is 1. The zero-order valence-corrected chi connectivity index (χ0v) is 13.2. The number of hydrogen-bond acceptors (Lipinski definition) is 4. The summed E-state index contributed by atoms with van der Waals surface area (Å²) in [7, 11) is 3.03. The topological polar surface area (TPSA) is 59.6 Å². The average Bonchev–Trinajstić information content (AvgIpc) is 2.99. The third-order valence-electron chi connectivity index (χ3n) is 2.73. The standard InChI is InChI=1S/C14H15ClN2O3S/c1-19-12-7-13(20-2)11(6-10(12)15)17-14(18)16-8-9-4-3-5-21-9/h3-7H,8H2,1-2H3,(H2,16,17,18). The lowest BCUT2D eigenvalue weighted by atomic mass is 10.2. The number of carbonyl (C=O) groups excluding carboxylic acids is 1. The Balaban J connectivity index is 2.04. The minimum atomic E-state index is -0.331. The van der Waals surface area contributed by atoms with Crippen molar-refractivity contribution in [2.45, 2.75) is 6.54 Å². The summed E-state index contributed by atoms with van der Waals surface area (Å²) >= 11 is 7.63. The van der Waals surface area contributed by atoms with Gasteiger partial charge in [0.05, 0.1) is 31.5 Å². The van der Waals surface area contributed by atoms with Crippen LogP contribution >= 0.6 is 22.9 Å². The van der Waals surface area contributed by atoms with Gasteiger partial charge in [-0.2, -0.15) is 0 Å². The second kappa shape index (κ2) is 7.19. The van der Waals surface area contributed by atoms with Crippen LogP contribution in [-0.2, 0) is 6.54 Å². The largest absolute Gasteiger partial charge is 0.495 e. The van der Waals surface area contributed by atoms with Gasteiger partial charge in [0.15, 0.2) is 0 Å². The predicted molar refractivity (Wildman–Crippen MR) is 84.7 cm³/mol. The van der Waals surface area contributed by atoms with Crippen LogP contribution in [0.15, 0.2) is 29.6 Å². The number of hydrogen-bond donors (Lipinski definition) is 2. The van der Waals surface area contributed by atoms with Crippen molar-refractivity contribution < 1.29 is 14.3 Å². The van der Waals surface area contributed by atoms with Gasteiger partial charge >= 0.3 is 6.03 Å². The third kappa shape index (κ3) is 4.03. The first-order valence-corrected chi connectivity index (χ1v) is 7.38. The highest BCUT2D eigenvalue weighted by molar-refractivity contribution is 7.09. The van der Waals surface area contributed by atoms with Crippen molar-refractivity contribution >= 4 is 34.7 Å². The van der Waals surface area contributed by atoms with Crippen LogP contribution in [0.5, 0.6) is 11.5 Å². The molecule has 7 heteroatoms. The van der Waals surface area contributed by atoms with Gasteiger partial charge in [-0.05, 0) is 17.5 Å². The molecule has 0 fully saturated rings. The molecule has 2 amide bonds. The van der Waals surface area contributed by atoms with Crippen LogP contribution in [0.3, 0.4) is 0 Å². The van der Waals surface area contributed by atoms with Crippen LogP contribution in [0.4, 0.5) is 10.5 Å². The molecule has 1 aromatic heterocycles. The Morgan fingerprint density at radius 2 is 2.05 bits per heavy atom. The highest BCUT2D eigenvalue weighted by atomic mass is 35.5. The fourth-order valence-corrected chi connectivity index (χ4v) is 2.59. The molecule has 2 rings (SSSR count). The first-order valence-electron chi connectivity index (χ1n) is 6.12. The van der Waals surface area contributed by atoms with Gasteiger partial charge in [-0.25, -0.2) is 4.79 Å². The molecule has 0 saturated carbocycles. The molecule has 2 N–H and O–H groups in total. The highest BCUT2D eigenvalue weighted by Crippen LogP contribution is 2.35. The van der Waals surface area contributed by atoms with Gasteiger partial charge in [-0.1, -0.05) is 17.7 Å². The summed E-state index contributed by atoms with van der Waals surface area (Å²) in [6.45, 7) is 0.468. The van der Waals surface area contributed by atoms with E-state index in [-0.39, 0.29) is 6.03 Å². The lowest BCUT2D eigenvalue weighted by Gasteiger charge is -2.13. The van der Waals surface area contributed by atoms with Crippen molar-refractivity contribution in [3.05, 3.63) is 39.5 Å². The molecule has 2 aromatic rings. The molecule has 0 saturated heterocycles. The van der Waals surface area contributed by atoms with Crippen molar-refractivity contribution in [2.75, 3.05) is 19.5 Å². The molecule has 112 valence electrons. The first kappa shape index (κ1) is 15.5. The van der Waals surface area contributed by atoms with Crippen LogP contribution < -0.4 is 20.1 Å². The molecule has 5 nitrogen and oxygen atoms in total. The molecule has 1 heterocycles. The third-order valence-corrected chi connectivity index (χ3v) is 3.90. The predicted octanol–water partition coefficient (Wildman–Crippen LogP) is 3.74. The lowest BCUT2D eigenvalue weighted by molar-refractivity contribution is 0.251. The molecule has 0 spiro atoms. The summed E-state index contributed by atoms with van der Waals surface area (Å²) in [5.41, 5.74) is 0.479. The number of benzene rings is 1. The molecule has 0 atom stereocenters. The van der Waals surface area contributed by atoms with E-state index >= 15 is 0 Å². The van der Waals surface area contributed by atoms with Crippen molar-refractivity contribution in [1.29, 1.82) is 0 Å².